The average molecular weight is 208 g/mol. The molecule has 0 spiro atoms. The van der Waals surface area contributed by atoms with E-state index in [1.54, 1.807) is 12.1 Å². The third-order valence-electron chi connectivity index (χ3n) is 1.55. The van der Waals surface area contributed by atoms with Crippen LogP contribution in [0, 0.1) is 6.92 Å². The highest BCUT2D eigenvalue weighted by atomic mass is 16.5. The highest BCUT2D eigenvalue weighted by Gasteiger charge is 2.04. The monoisotopic (exact) mass is 208 g/mol. The lowest BCUT2D eigenvalue weighted by Crippen LogP contribution is -2.04. The van der Waals surface area contributed by atoms with E-state index in [9.17, 15) is 9.59 Å². The van der Waals surface area contributed by atoms with Crippen LogP contribution in [0.15, 0.2) is 18.2 Å². The molecule has 0 unspecified atom stereocenters. The predicted octanol–water partition coefficient (Wildman–Crippen LogP) is 1.85. The van der Waals surface area contributed by atoms with E-state index >= 15 is 0 Å². The predicted molar refractivity (Wildman–Crippen MR) is 53.8 cm³/mol. The van der Waals surface area contributed by atoms with E-state index in [1.165, 1.54) is 19.9 Å². The first-order chi connectivity index (χ1) is 6.97. The van der Waals surface area contributed by atoms with E-state index < -0.39 is 11.9 Å². The van der Waals surface area contributed by atoms with Crippen molar-refractivity contribution in [3.63, 3.8) is 0 Å². The summed E-state index contributed by atoms with van der Waals surface area (Å²) in [6.45, 7) is 4.45. The zero-order valence-electron chi connectivity index (χ0n) is 8.87. The van der Waals surface area contributed by atoms with Crippen molar-refractivity contribution in [3.05, 3.63) is 23.8 Å². The minimum absolute atomic E-state index is 0.374. The zero-order valence-corrected chi connectivity index (χ0v) is 8.87. The summed E-state index contributed by atoms with van der Waals surface area (Å²) in [5.74, 6) is -0.0683. The Hall–Kier alpha value is -1.84. The molecule has 80 valence electrons. The molecular formula is C11H12O4. The second-order valence-corrected chi connectivity index (χ2v) is 3.17. The Kier molecular flexibility index (Phi) is 3.44. The lowest BCUT2D eigenvalue weighted by Gasteiger charge is -2.06. The molecule has 0 aliphatic carbocycles. The molecule has 0 amide bonds. The second kappa shape index (κ2) is 4.59. The minimum atomic E-state index is -0.408. The van der Waals surface area contributed by atoms with E-state index in [1.807, 2.05) is 6.92 Å². The average Bonchev–Trinajstić information content (AvgIpc) is 1.98. The van der Waals surface area contributed by atoms with Gasteiger partial charge in [0.1, 0.15) is 11.5 Å². The molecule has 15 heavy (non-hydrogen) atoms. The molecule has 0 fully saturated rings. The standard InChI is InChI=1S/C11H12O4/c1-7-4-10(14-8(2)12)6-11(5-7)15-9(3)13/h4-6H,1-3H3. The van der Waals surface area contributed by atoms with Crippen LogP contribution in [0.4, 0.5) is 0 Å². The van der Waals surface area contributed by atoms with Crippen LogP contribution in [0.5, 0.6) is 11.5 Å². The molecule has 0 atom stereocenters. The van der Waals surface area contributed by atoms with Gasteiger partial charge in [0.05, 0.1) is 0 Å². The number of rotatable bonds is 2. The summed E-state index contributed by atoms with van der Waals surface area (Å²) >= 11 is 0. The van der Waals surface area contributed by atoms with Crippen molar-refractivity contribution in [1.82, 2.24) is 0 Å². The molecule has 0 saturated carbocycles. The van der Waals surface area contributed by atoms with Crippen molar-refractivity contribution in [2.45, 2.75) is 20.8 Å². The maximum absolute atomic E-state index is 10.7. The van der Waals surface area contributed by atoms with E-state index in [-0.39, 0.29) is 0 Å². The van der Waals surface area contributed by atoms with Gasteiger partial charge in [0.2, 0.25) is 0 Å². The Morgan fingerprint density at radius 1 is 0.933 bits per heavy atom. The molecule has 0 aliphatic rings. The van der Waals surface area contributed by atoms with Gasteiger partial charge in [0.15, 0.2) is 0 Å². The summed E-state index contributed by atoms with van der Waals surface area (Å²) in [6, 6.07) is 4.87. The lowest BCUT2D eigenvalue weighted by molar-refractivity contribution is -0.132. The Balaban J connectivity index is 2.94. The topological polar surface area (TPSA) is 52.6 Å². The molecule has 0 aromatic heterocycles. The molecule has 0 heterocycles. The van der Waals surface area contributed by atoms with Crippen LogP contribution >= 0.6 is 0 Å². The van der Waals surface area contributed by atoms with Gasteiger partial charge in [-0.05, 0) is 24.6 Å². The van der Waals surface area contributed by atoms with Gasteiger partial charge in [-0.3, -0.25) is 9.59 Å². The minimum Gasteiger partial charge on any atom is -0.427 e. The van der Waals surface area contributed by atoms with Gasteiger partial charge in [-0.15, -0.1) is 0 Å². The second-order valence-electron chi connectivity index (χ2n) is 3.17. The van der Waals surface area contributed by atoms with Crippen LogP contribution < -0.4 is 9.47 Å². The first kappa shape index (κ1) is 11.2. The van der Waals surface area contributed by atoms with Crippen molar-refractivity contribution >= 4 is 11.9 Å². The Labute approximate surface area is 87.8 Å². The highest BCUT2D eigenvalue weighted by Crippen LogP contribution is 2.22. The van der Waals surface area contributed by atoms with Gasteiger partial charge in [-0.1, -0.05) is 0 Å². The fourth-order valence-corrected chi connectivity index (χ4v) is 1.16. The van der Waals surface area contributed by atoms with Gasteiger partial charge < -0.3 is 9.47 Å². The van der Waals surface area contributed by atoms with Crippen molar-refractivity contribution in [3.8, 4) is 11.5 Å². The summed E-state index contributed by atoms with van der Waals surface area (Å²) in [5, 5.41) is 0. The largest absolute Gasteiger partial charge is 0.427 e. The maximum Gasteiger partial charge on any atom is 0.308 e. The lowest BCUT2D eigenvalue weighted by atomic mass is 10.2. The first-order valence-electron chi connectivity index (χ1n) is 4.46. The molecule has 0 bridgehead atoms. The number of aryl methyl sites for hydroxylation is 1. The molecule has 1 aromatic rings. The van der Waals surface area contributed by atoms with Crippen molar-refractivity contribution in [1.29, 1.82) is 0 Å². The van der Waals surface area contributed by atoms with Gasteiger partial charge in [0, 0.05) is 19.9 Å². The highest BCUT2D eigenvalue weighted by molar-refractivity contribution is 5.71. The zero-order chi connectivity index (χ0) is 11.4. The SMILES string of the molecule is CC(=O)Oc1cc(C)cc(OC(C)=O)c1. The third-order valence-corrected chi connectivity index (χ3v) is 1.55. The molecule has 0 aliphatic heterocycles. The smallest absolute Gasteiger partial charge is 0.308 e. The van der Waals surface area contributed by atoms with Gasteiger partial charge in [-0.2, -0.15) is 0 Å². The van der Waals surface area contributed by atoms with Crippen LogP contribution in [0.25, 0.3) is 0 Å². The van der Waals surface area contributed by atoms with E-state index in [2.05, 4.69) is 0 Å². The molecule has 0 saturated heterocycles. The van der Waals surface area contributed by atoms with Crippen LogP contribution in [0.2, 0.25) is 0 Å². The molecule has 1 rings (SSSR count). The number of benzene rings is 1. The molecule has 1 aromatic carbocycles. The number of esters is 2. The summed E-state index contributed by atoms with van der Waals surface area (Å²) in [4.78, 5) is 21.5. The van der Waals surface area contributed by atoms with Crippen LogP contribution in [-0.4, -0.2) is 11.9 Å². The summed E-state index contributed by atoms with van der Waals surface area (Å²) in [5.41, 5.74) is 0.852. The fraction of sp³-hybridized carbons (Fsp3) is 0.273. The summed E-state index contributed by atoms with van der Waals surface area (Å²) < 4.78 is 9.77. The normalized spacial score (nSPS) is 9.53. The Morgan fingerprint density at radius 2 is 1.33 bits per heavy atom. The van der Waals surface area contributed by atoms with Crippen molar-refractivity contribution in [2.75, 3.05) is 0 Å². The Bertz CT molecular complexity index is 361. The van der Waals surface area contributed by atoms with E-state index in [4.69, 9.17) is 9.47 Å². The van der Waals surface area contributed by atoms with E-state index in [0.717, 1.165) is 5.56 Å². The molecule has 0 radical (unpaired) electrons. The molecular weight excluding hydrogens is 196 g/mol. The molecule has 4 nitrogen and oxygen atoms in total. The number of hydrogen-bond acceptors (Lipinski definition) is 4. The van der Waals surface area contributed by atoms with Crippen LogP contribution in [0.1, 0.15) is 19.4 Å². The molecule has 0 N–H and O–H groups in total. The number of carbonyl (C=O) groups is 2. The fourth-order valence-electron chi connectivity index (χ4n) is 1.16. The van der Waals surface area contributed by atoms with Gasteiger partial charge >= 0.3 is 11.9 Å². The maximum atomic E-state index is 10.7. The Morgan fingerprint density at radius 3 is 1.67 bits per heavy atom. The first-order valence-corrected chi connectivity index (χ1v) is 4.46. The van der Waals surface area contributed by atoms with E-state index in [0.29, 0.717) is 11.5 Å². The number of ether oxygens (including phenoxy) is 2. The summed E-state index contributed by atoms with van der Waals surface area (Å²) in [6.07, 6.45) is 0. The van der Waals surface area contributed by atoms with Crippen molar-refractivity contribution in [2.24, 2.45) is 0 Å². The summed E-state index contributed by atoms with van der Waals surface area (Å²) in [7, 11) is 0. The van der Waals surface area contributed by atoms with Crippen LogP contribution in [-0.2, 0) is 9.59 Å². The number of carbonyl (C=O) groups excluding carboxylic acids is 2. The quantitative estimate of drug-likeness (QED) is 0.549. The van der Waals surface area contributed by atoms with Gasteiger partial charge in [-0.25, -0.2) is 0 Å². The van der Waals surface area contributed by atoms with Gasteiger partial charge in [0.25, 0.3) is 0 Å². The molecule has 4 heteroatoms. The number of hydrogen-bond donors (Lipinski definition) is 0. The third kappa shape index (κ3) is 3.81. The van der Waals surface area contributed by atoms with Crippen LogP contribution in [0.3, 0.4) is 0 Å². The van der Waals surface area contributed by atoms with Crippen molar-refractivity contribution < 1.29 is 19.1 Å².